The molecule has 3 nitrogen and oxygen atoms in total. The van der Waals surface area contributed by atoms with Crippen LogP contribution in [0.3, 0.4) is 0 Å². The van der Waals surface area contributed by atoms with Gasteiger partial charge in [0.25, 0.3) is 0 Å². The van der Waals surface area contributed by atoms with Crippen molar-refractivity contribution in [1.29, 1.82) is 0 Å². The highest BCUT2D eigenvalue weighted by molar-refractivity contribution is 4.74. The predicted molar refractivity (Wildman–Crippen MR) is 73.3 cm³/mol. The van der Waals surface area contributed by atoms with Gasteiger partial charge in [0.15, 0.2) is 0 Å². The Morgan fingerprint density at radius 1 is 1.24 bits per heavy atom. The van der Waals surface area contributed by atoms with Gasteiger partial charge in [0, 0.05) is 6.54 Å². The lowest BCUT2D eigenvalue weighted by Crippen LogP contribution is -2.38. The van der Waals surface area contributed by atoms with Gasteiger partial charge in [-0.1, -0.05) is 0 Å². The lowest BCUT2D eigenvalue weighted by atomic mass is 9.95. The van der Waals surface area contributed by atoms with Crippen molar-refractivity contribution in [3.8, 4) is 0 Å². The van der Waals surface area contributed by atoms with Crippen LogP contribution < -0.4 is 10.6 Å². The molecule has 0 aliphatic carbocycles. The molecule has 2 aliphatic heterocycles. The van der Waals surface area contributed by atoms with Crippen LogP contribution in [0.15, 0.2) is 0 Å². The molecule has 0 aromatic carbocycles. The molecule has 2 atom stereocenters. The Bertz CT molecular complexity index is 202. The van der Waals surface area contributed by atoms with Crippen LogP contribution in [0.5, 0.6) is 0 Å². The first-order chi connectivity index (χ1) is 8.34. The first kappa shape index (κ1) is 13.3. The van der Waals surface area contributed by atoms with Gasteiger partial charge in [0.1, 0.15) is 0 Å². The van der Waals surface area contributed by atoms with Gasteiger partial charge in [-0.3, -0.25) is 0 Å². The molecule has 0 bridgehead atoms. The number of hydrogen-bond donors (Lipinski definition) is 2. The Morgan fingerprint density at radius 2 is 2.12 bits per heavy atom. The fourth-order valence-electron chi connectivity index (χ4n) is 3.22. The monoisotopic (exact) mass is 239 g/mol. The van der Waals surface area contributed by atoms with E-state index in [-0.39, 0.29) is 0 Å². The summed E-state index contributed by atoms with van der Waals surface area (Å²) in [7, 11) is 2.25. The summed E-state index contributed by atoms with van der Waals surface area (Å²) in [6.45, 7) is 7.51. The lowest BCUT2D eigenvalue weighted by Gasteiger charge is -2.30. The second-order valence-corrected chi connectivity index (χ2v) is 5.98. The topological polar surface area (TPSA) is 27.3 Å². The van der Waals surface area contributed by atoms with E-state index >= 15 is 0 Å². The van der Waals surface area contributed by atoms with E-state index in [1.165, 1.54) is 71.4 Å². The average molecular weight is 239 g/mol. The molecule has 2 aliphatic rings. The van der Waals surface area contributed by atoms with E-state index in [2.05, 4.69) is 22.6 Å². The standard InChI is InChI=1S/C14H29N3/c1-17-9-3-5-14(12-17)11-16-8-6-13-4-2-7-15-10-13/h13-16H,2-12H2,1H3. The minimum absolute atomic E-state index is 0.887. The number of likely N-dealkylation sites (tertiary alicyclic amines) is 1. The molecule has 2 saturated heterocycles. The predicted octanol–water partition coefficient (Wildman–Crippen LogP) is 1.31. The summed E-state index contributed by atoms with van der Waals surface area (Å²) in [4.78, 5) is 2.47. The third-order valence-electron chi connectivity index (χ3n) is 4.28. The van der Waals surface area contributed by atoms with E-state index in [1.54, 1.807) is 0 Å². The van der Waals surface area contributed by atoms with Gasteiger partial charge in [-0.2, -0.15) is 0 Å². The van der Waals surface area contributed by atoms with Gasteiger partial charge in [-0.25, -0.2) is 0 Å². The van der Waals surface area contributed by atoms with Crippen LogP contribution >= 0.6 is 0 Å². The van der Waals surface area contributed by atoms with Gasteiger partial charge in [-0.05, 0) is 83.7 Å². The largest absolute Gasteiger partial charge is 0.316 e. The maximum Gasteiger partial charge on any atom is 0.00187 e. The Balaban J connectivity index is 1.50. The van der Waals surface area contributed by atoms with Gasteiger partial charge >= 0.3 is 0 Å². The maximum absolute atomic E-state index is 3.67. The molecular weight excluding hydrogens is 210 g/mol. The molecule has 2 N–H and O–H groups in total. The molecule has 0 aromatic heterocycles. The molecule has 0 radical (unpaired) electrons. The summed E-state index contributed by atoms with van der Waals surface area (Å²) in [5.41, 5.74) is 0. The van der Waals surface area contributed by atoms with Crippen LogP contribution in [0.25, 0.3) is 0 Å². The Kier molecular flexibility index (Phi) is 5.75. The second-order valence-electron chi connectivity index (χ2n) is 5.98. The highest BCUT2D eigenvalue weighted by Crippen LogP contribution is 2.15. The lowest BCUT2D eigenvalue weighted by molar-refractivity contribution is 0.205. The first-order valence-electron chi connectivity index (χ1n) is 7.44. The van der Waals surface area contributed by atoms with E-state index in [9.17, 15) is 0 Å². The van der Waals surface area contributed by atoms with Crippen molar-refractivity contribution in [2.75, 3.05) is 46.3 Å². The number of hydrogen-bond acceptors (Lipinski definition) is 3. The molecule has 17 heavy (non-hydrogen) atoms. The van der Waals surface area contributed by atoms with E-state index in [0.29, 0.717) is 0 Å². The van der Waals surface area contributed by atoms with Crippen LogP contribution in [0.1, 0.15) is 32.1 Å². The molecule has 2 unspecified atom stereocenters. The summed E-state index contributed by atoms with van der Waals surface area (Å²) >= 11 is 0. The quantitative estimate of drug-likeness (QED) is 0.708. The highest BCUT2D eigenvalue weighted by atomic mass is 15.1. The summed E-state index contributed by atoms with van der Waals surface area (Å²) in [6, 6.07) is 0. The van der Waals surface area contributed by atoms with Crippen LogP contribution in [-0.4, -0.2) is 51.2 Å². The summed E-state index contributed by atoms with van der Waals surface area (Å²) in [5, 5.41) is 7.16. The van der Waals surface area contributed by atoms with Crippen molar-refractivity contribution in [1.82, 2.24) is 15.5 Å². The minimum Gasteiger partial charge on any atom is -0.316 e. The molecule has 0 aromatic rings. The minimum atomic E-state index is 0.887. The van der Waals surface area contributed by atoms with Crippen molar-refractivity contribution in [2.24, 2.45) is 11.8 Å². The Morgan fingerprint density at radius 3 is 2.88 bits per heavy atom. The van der Waals surface area contributed by atoms with Gasteiger partial charge in [-0.15, -0.1) is 0 Å². The Hall–Kier alpha value is -0.120. The molecule has 0 saturated carbocycles. The van der Waals surface area contributed by atoms with E-state index in [0.717, 1.165) is 11.8 Å². The zero-order valence-corrected chi connectivity index (χ0v) is 11.4. The average Bonchev–Trinajstić information content (AvgIpc) is 2.36. The van der Waals surface area contributed by atoms with Gasteiger partial charge < -0.3 is 15.5 Å². The molecule has 0 spiro atoms. The van der Waals surface area contributed by atoms with Crippen LogP contribution in [0, 0.1) is 11.8 Å². The molecule has 100 valence electrons. The number of nitrogens with zero attached hydrogens (tertiary/aromatic N) is 1. The fraction of sp³-hybridized carbons (Fsp3) is 1.00. The smallest absolute Gasteiger partial charge is 0.00187 e. The van der Waals surface area contributed by atoms with Crippen molar-refractivity contribution in [3.63, 3.8) is 0 Å². The molecule has 0 amide bonds. The maximum atomic E-state index is 3.67. The van der Waals surface area contributed by atoms with Gasteiger partial charge in [0.2, 0.25) is 0 Å². The summed E-state index contributed by atoms with van der Waals surface area (Å²) in [5.74, 6) is 1.81. The van der Waals surface area contributed by atoms with Crippen LogP contribution in [-0.2, 0) is 0 Å². The third-order valence-corrected chi connectivity index (χ3v) is 4.28. The third kappa shape index (κ3) is 4.94. The molecule has 3 heteroatoms. The molecule has 2 fully saturated rings. The van der Waals surface area contributed by atoms with E-state index < -0.39 is 0 Å². The number of nitrogens with one attached hydrogen (secondary N) is 2. The van der Waals surface area contributed by atoms with Crippen molar-refractivity contribution < 1.29 is 0 Å². The Labute approximate surface area is 106 Å². The second kappa shape index (κ2) is 7.34. The highest BCUT2D eigenvalue weighted by Gasteiger charge is 2.17. The van der Waals surface area contributed by atoms with Crippen molar-refractivity contribution in [3.05, 3.63) is 0 Å². The summed E-state index contributed by atoms with van der Waals surface area (Å²) in [6.07, 6.45) is 6.96. The van der Waals surface area contributed by atoms with Gasteiger partial charge in [0.05, 0.1) is 0 Å². The zero-order chi connectivity index (χ0) is 11.9. The van der Waals surface area contributed by atoms with E-state index in [4.69, 9.17) is 0 Å². The van der Waals surface area contributed by atoms with Crippen molar-refractivity contribution in [2.45, 2.75) is 32.1 Å². The van der Waals surface area contributed by atoms with Crippen LogP contribution in [0.2, 0.25) is 0 Å². The van der Waals surface area contributed by atoms with E-state index in [1.807, 2.05) is 0 Å². The first-order valence-corrected chi connectivity index (χ1v) is 7.44. The van der Waals surface area contributed by atoms with Crippen molar-refractivity contribution >= 4 is 0 Å². The van der Waals surface area contributed by atoms with Crippen LogP contribution in [0.4, 0.5) is 0 Å². The molecular formula is C14H29N3. The fourth-order valence-corrected chi connectivity index (χ4v) is 3.22. The number of rotatable bonds is 5. The zero-order valence-electron chi connectivity index (χ0n) is 11.4. The molecule has 2 heterocycles. The SMILES string of the molecule is CN1CCCC(CNCCC2CCCNC2)C1. The summed E-state index contributed by atoms with van der Waals surface area (Å²) < 4.78 is 0. The normalized spacial score (nSPS) is 31.6. The number of piperidine rings is 2. The molecule has 2 rings (SSSR count).